The van der Waals surface area contributed by atoms with Crippen molar-refractivity contribution in [2.24, 2.45) is 10.9 Å². The third-order valence-corrected chi connectivity index (χ3v) is 8.32. The van der Waals surface area contributed by atoms with Gasteiger partial charge in [-0.25, -0.2) is 0 Å². The second-order valence-electron chi connectivity index (χ2n) is 10.5. The summed E-state index contributed by atoms with van der Waals surface area (Å²) < 4.78 is 6.28. The molecule has 0 saturated carbocycles. The molecule has 0 fully saturated rings. The Kier molecular flexibility index (Phi) is 6.59. The van der Waals surface area contributed by atoms with Crippen LogP contribution in [0.5, 0.6) is 5.75 Å². The first kappa shape index (κ1) is 24.7. The number of benzene rings is 5. The van der Waals surface area contributed by atoms with Crippen LogP contribution >= 0.6 is 11.6 Å². The average molecular weight is 541 g/mol. The summed E-state index contributed by atoms with van der Waals surface area (Å²) in [6.45, 7) is 0.434. The van der Waals surface area contributed by atoms with E-state index in [0.29, 0.717) is 23.5 Å². The Labute approximate surface area is 239 Å². The Morgan fingerprint density at radius 2 is 1.73 bits per heavy atom. The first-order valence-electron chi connectivity index (χ1n) is 13.8. The number of rotatable bonds is 6. The predicted molar refractivity (Wildman–Crippen MR) is 166 cm³/mol. The van der Waals surface area contributed by atoms with Gasteiger partial charge >= 0.3 is 0 Å². The number of allylic oxidation sites excluding steroid dienone is 2. The van der Waals surface area contributed by atoms with E-state index in [1.54, 1.807) is 0 Å². The zero-order valence-corrected chi connectivity index (χ0v) is 22.8. The number of nitrogens with one attached hydrogen (secondary N) is 1. The lowest BCUT2D eigenvalue weighted by Gasteiger charge is -2.37. The number of aliphatic imine (C=N–C) groups is 1. The number of fused-ring (bicyclic) bond motifs is 4. The van der Waals surface area contributed by atoms with E-state index in [9.17, 15) is 0 Å². The van der Waals surface area contributed by atoms with Gasteiger partial charge in [-0.15, -0.1) is 0 Å². The molecule has 196 valence electrons. The molecule has 0 radical (unpaired) electrons. The first-order valence-corrected chi connectivity index (χ1v) is 14.2. The van der Waals surface area contributed by atoms with Gasteiger partial charge in [0.05, 0.1) is 11.7 Å². The second kappa shape index (κ2) is 10.7. The number of hydrogen-bond donors (Lipinski definition) is 1. The van der Waals surface area contributed by atoms with E-state index in [-0.39, 0.29) is 6.04 Å². The Morgan fingerprint density at radius 3 is 2.62 bits per heavy atom. The van der Waals surface area contributed by atoms with Crippen molar-refractivity contribution in [1.29, 1.82) is 0 Å². The summed E-state index contributed by atoms with van der Waals surface area (Å²) in [6.07, 6.45) is 7.74. The summed E-state index contributed by atoms with van der Waals surface area (Å²) in [5, 5.41) is 6.78. The van der Waals surface area contributed by atoms with Gasteiger partial charge in [-0.05, 0) is 76.2 Å². The summed E-state index contributed by atoms with van der Waals surface area (Å²) >= 11 is 6.18. The van der Waals surface area contributed by atoms with Crippen LogP contribution in [-0.2, 0) is 6.61 Å². The molecule has 1 N–H and O–H groups in total. The number of hydrogen-bond acceptors (Lipinski definition) is 3. The van der Waals surface area contributed by atoms with E-state index in [4.69, 9.17) is 21.3 Å². The fourth-order valence-electron chi connectivity index (χ4n) is 6.10. The van der Waals surface area contributed by atoms with Crippen LogP contribution in [0.4, 0.5) is 11.4 Å². The number of anilines is 1. The van der Waals surface area contributed by atoms with E-state index in [0.717, 1.165) is 39.8 Å². The Bertz CT molecular complexity index is 1740. The maximum Gasteiger partial charge on any atom is 0.129 e. The van der Waals surface area contributed by atoms with Gasteiger partial charge in [0.2, 0.25) is 0 Å². The molecular formula is C36H29ClN2O. The lowest BCUT2D eigenvalue weighted by Crippen LogP contribution is -2.28. The van der Waals surface area contributed by atoms with Crippen molar-refractivity contribution in [3.8, 4) is 5.75 Å². The zero-order chi connectivity index (χ0) is 26.9. The fraction of sp³-hybridized carbons (Fsp3) is 0.139. The van der Waals surface area contributed by atoms with E-state index >= 15 is 0 Å². The Balaban J connectivity index is 1.15. The molecule has 4 heteroatoms. The maximum atomic E-state index is 6.28. The van der Waals surface area contributed by atoms with Gasteiger partial charge in [-0.2, -0.15) is 0 Å². The van der Waals surface area contributed by atoms with Crippen LogP contribution in [0.1, 0.15) is 40.6 Å². The largest absolute Gasteiger partial charge is 0.488 e. The van der Waals surface area contributed by atoms with Crippen molar-refractivity contribution in [2.75, 3.05) is 5.32 Å². The van der Waals surface area contributed by atoms with Gasteiger partial charge in [0.15, 0.2) is 0 Å². The van der Waals surface area contributed by atoms with Crippen LogP contribution in [0.25, 0.3) is 10.8 Å². The van der Waals surface area contributed by atoms with Crippen LogP contribution in [0.3, 0.4) is 0 Å². The SMILES string of the molecule is Clc1cccc(COc2ccc3ccccc3c2C=Nc2ccc([C@@H]3Nc4ccccc4[C@@H]4C=CC[C@H]43)cc2)c1. The quantitative estimate of drug-likeness (QED) is 0.172. The number of para-hydroxylation sites is 1. The van der Waals surface area contributed by atoms with E-state index < -0.39 is 0 Å². The molecule has 5 aromatic carbocycles. The maximum absolute atomic E-state index is 6.28. The zero-order valence-electron chi connectivity index (χ0n) is 22.0. The van der Waals surface area contributed by atoms with Gasteiger partial charge in [0.1, 0.15) is 12.4 Å². The van der Waals surface area contributed by atoms with Crippen LogP contribution < -0.4 is 10.1 Å². The highest BCUT2D eigenvalue weighted by molar-refractivity contribution is 6.30. The van der Waals surface area contributed by atoms with E-state index in [1.165, 1.54) is 16.8 Å². The minimum absolute atomic E-state index is 0.275. The summed E-state index contributed by atoms with van der Waals surface area (Å²) in [5.41, 5.74) is 6.84. The molecule has 0 spiro atoms. The highest BCUT2D eigenvalue weighted by atomic mass is 35.5. The average Bonchev–Trinajstić information content (AvgIpc) is 3.50. The number of halogens is 1. The van der Waals surface area contributed by atoms with Crippen LogP contribution in [0.15, 0.2) is 126 Å². The first-order chi connectivity index (χ1) is 19.7. The summed E-state index contributed by atoms with van der Waals surface area (Å²) in [5.74, 6) is 1.79. The molecule has 0 bridgehead atoms. The van der Waals surface area contributed by atoms with E-state index in [2.05, 4.69) is 96.3 Å². The second-order valence-corrected chi connectivity index (χ2v) is 11.0. The molecule has 3 atom stereocenters. The molecular weight excluding hydrogens is 512 g/mol. The summed E-state index contributed by atoms with van der Waals surface area (Å²) in [4.78, 5) is 4.89. The van der Waals surface area contributed by atoms with Gasteiger partial charge in [0, 0.05) is 28.4 Å². The molecule has 0 amide bonds. The molecule has 0 saturated heterocycles. The molecule has 7 rings (SSSR count). The van der Waals surface area contributed by atoms with Crippen molar-refractivity contribution in [3.63, 3.8) is 0 Å². The van der Waals surface area contributed by atoms with Gasteiger partial charge in [-0.3, -0.25) is 4.99 Å². The Morgan fingerprint density at radius 1 is 0.875 bits per heavy atom. The fourth-order valence-corrected chi connectivity index (χ4v) is 6.32. The summed E-state index contributed by atoms with van der Waals surface area (Å²) in [6, 6.07) is 37.8. The minimum Gasteiger partial charge on any atom is -0.488 e. The van der Waals surface area contributed by atoms with Crippen LogP contribution in [0.2, 0.25) is 5.02 Å². The van der Waals surface area contributed by atoms with Crippen molar-refractivity contribution < 1.29 is 4.74 Å². The predicted octanol–water partition coefficient (Wildman–Crippen LogP) is 9.65. The molecule has 0 unspecified atom stereocenters. The highest BCUT2D eigenvalue weighted by Gasteiger charge is 2.37. The molecule has 1 heterocycles. The molecule has 1 aliphatic heterocycles. The number of nitrogens with zero attached hydrogens (tertiary/aromatic N) is 1. The summed E-state index contributed by atoms with van der Waals surface area (Å²) in [7, 11) is 0. The third-order valence-electron chi connectivity index (χ3n) is 8.08. The van der Waals surface area contributed by atoms with Gasteiger partial charge in [-0.1, -0.05) is 96.5 Å². The molecule has 3 nitrogen and oxygen atoms in total. The topological polar surface area (TPSA) is 33.6 Å². The molecule has 40 heavy (non-hydrogen) atoms. The van der Waals surface area contributed by atoms with Gasteiger partial charge in [0.25, 0.3) is 0 Å². The van der Waals surface area contributed by atoms with Crippen molar-refractivity contribution >= 4 is 40.0 Å². The molecule has 1 aliphatic carbocycles. The van der Waals surface area contributed by atoms with Crippen molar-refractivity contribution in [1.82, 2.24) is 0 Å². The van der Waals surface area contributed by atoms with Crippen LogP contribution in [0, 0.1) is 5.92 Å². The monoisotopic (exact) mass is 540 g/mol. The van der Waals surface area contributed by atoms with Gasteiger partial charge < -0.3 is 10.1 Å². The molecule has 5 aromatic rings. The Hall–Kier alpha value is -4.34. The highest BCUT2D eigenvalue weighted by Crippen LogP contribution is 2.49. The lowest BCUT2D eigenvalue weighted by molar-refractivity contribution is 0.306. The smallest absolute Gasteiger partial charge is 0.129 e. The number of ether oxygens (including phenoxy) is 1. The lowest BCUT2D eigenvalue weighted by atomic mass is 9.77. The molecule has 2 aliphatic rings. The normalized spacial score (nSPS) is 19.4. The minimum atomic E-state index is 0.275. The van der Waals surface area contributed by atoms with Crippen molar-refractivity contribution in [3.05, 3.63) is 149 Å². The van der Waals surface area contributed by atoms with E-state index in [1.807, 2.05) is 36.5 Å². The van der Waals surface area contributed by atoms with Crippen molar-refractivity contribution in [2.45, 2.75) is 25.0 Å². The standard InChI is InChI=1S/C36H29ClN2O/c37-27-9-5-7-24(21-27)23-40-35-20-17-25-8-1-2-10-29(25)33(35)22-38-28-18-15-26(16-19-28)36-32-13-6-12-30(32)31-11-3-4-14-34(31)39-36/h1-12,14-22,30,32,36,39H,13,23H2/t30-,32+,36-/m0/s1. The third kappa shape index (κ3) is 4.78. The van der Waals surface area contributed by atoms with Crippen LogP contribution in [-0.4, -0.2) is 6.21 Å². The molecule has 0 aromatic heterocycles.